The molecule has 1 aliphatic rings. The molecule has 0 heterocycles. The lowest BCUT2D eigenvalue weighted by molar-refractivity contribution is 0.180. The van der Waals surface area contributed by atoms with E-state index in [4.69, 9.17) is 5.73 Å². The Morgan fingerprint density at radius 2 is 1.95 bits per heavy atom. The summed E-state index contributed by atoms with van der Waals surface area (Å²) >= 11 is 0. The molecule has 2 heteroatoms. The molecule has 0 aromatic heterocycles. The normalized spacial score (nSPS) is 16.9. The summed E-state index contributed by atoms with van der Waals surface area (Å²) in [5.74, 6) is 0.760. The molecule has 1 fully saturated rings. The number of hydrogen-bond donors (Lipinski definition) is 1. The van der Waals surface area contributed by atoms with Gasteiger partial charge in [-0.2, -0.15) is 0 Å². The molecule has 1 atom stereocenters. The van der Waals surface area contributed by atoms with Crippen LogP contribution >= 0.6 is 0 Å². The number of nitrogens with zero attached hydrogens (tertiary/aromatic N) is 1. The molecule has 1 aromatic carbocycles. The highest BCUT2D eigenvalue weighted by atomic mass is 15.2. The minimum Gasteiger partial charge on any atom is -0.329 e. The first kappa shape index (κ1) is 15.5. The van der Waals surface area contributed by atoms with Crippen LogP contribution in [0.4, 0.5) is 0 Å². The summed E-state index contributed by atoms with van der Waals surface area (Å²) in [6, 6.07) is 10.0. The molecule has 0 bridgehead atoms. The molecule has 1 aromatic rings. The fourth-order valence-corrected chi connectivity index (χ4v) is 3.03. The van der Waals surface area contributed by atoms with Crippen molar-refractivity contribution in [3.8, 4) is 0 Å². The second kappa shape index (κ2) is 7.24. The van der Waals surface area contributed by atoms with Crippen LogP contribution < -0.4 is 5.73 Å². The van der Waals surface area contributed by atoms with Crippen molar-refractivity contribution in [2.24, 2.45) is 11.7 Å². The Bertz CT molecular complexity index is 410. The molecule has 0 spiro atoms. The zero-order chi connectivity index (χ0) is 14.5. The maximum atomic E-state index is 6.16. The third-order valence-corrected chi connectivity index (χ3v) is 4.40. The zero-order valence-corrected chi connectivity index (χ0v) is 13.3. The number of rotatable bonds is 8. The molecular weight excluding hydrogens is 244 g/mol. The summed E-state index contributed by atoms with van der Waals surface area (Å²) in [5.41, 5.74) is 9.07. The third-order valence-electron chi connectivity index (χ3n) is 4.40. The predicted molar refractivity (Wildman–Crippen MR) is 86.8 cm³/mol. The Balaban J connectivity index is 2.18. The van der Waals surface area contributed by atoms with Gasteiger partial charge in [-0.3, -0.25) is 4.90 Å². The van der Waals surface area contributed by atoms with E-state index in [0.29, 0.717) is 6.04 Å². The fourth-order valence-electron chi connectivity index (χ4n) is 3.03. The van der Waals surface area contributed by atoms with E-state index in [2.05, 4.69) is 49.9 Å². The number of aryl methyl sites for hydroxylation is 1. The summed E-state index contributed by atoms with van der Waals surface area (Å²) in [4.78, 5) is 2.68. The minimum absolute atomic E-state index is 0.400. The molecule has 2 rings (SSSR count). The van der Waals surface area contributed by atoms with Crippen molar-refractivity contribution in [3.05, 3.63) is 35.4 Å². The smallest absolute Gasteiger partial charge is 0.0476 e. The monoisotopic (exact) mass is 274 g/mol. The van der Waals surface area contributed by atoms with Crippen molar-refractivity contribution >= 4 is 0 Å². The lowest BCUT2D eigenvalue weighted by Gasteiger charge is -2.33. The summed E-state index contributed by atoms with van der Waals surface area (Å²) in [7, 11) is 0. The van der Waals surface area contributed by atoms with Gasteiger partial charge in [-0.15, -0.1) is 0 Å². The largest absolute Gasteiger partial charge is 0.329 e. The molecule has 2 nitrogen and oxygen atoms in total. The molecule has 1 unspecified atom stereocenters. The van der Waals surface area contributed by atoms with Crippen LogP contribution in [0.25, 0.3) is 0 Å². The van der Waals surface area contributed by atoms with E-state index < -0.39 is 0 Å². The van der Waals surface area contributed by atoms with Crippen molar-refractivity contribution in [1.82, 2.24) is 4.90 Å². The van der Waals surface area contributed by atoms with Gasteiger partial charge in [-0.05, 0) is 49.3 Å². The highest BCUT2D eigenvalue weighted by molar-refractivity contribution is 5.30. The van der Waals surface area contributed by atoms with Gasteiger partial charge < -0.3 is 5.73 Å². The van der Waals surface area contributed by atoms with Crippen molar-refractivity contribution < 1.29 is 0 Å². The first-order valence-corrected chi connectivity index (χ1v) is 8.21. The quantitative estimate of drug-likeness (QED) is 0.782. The second-order valence-electron chi connectivity index (χ2n) is 6.46. The summed E-state index contributed by atoms with van der Waals surface area (Å²) < 4.78 is 0. The van der Waals surface area contributed by atoms with Crippen LogP contribution in [0.3, 0.4) is 0 Å². The van der Waals surface area contributed by atoms with E-state index in [1.807, 2.05) is 0 Å². The van der Waals surface area contributed by atoms with Crippen LogP contribution in [0, 0.1) is 5.92 Å². The van der Waals surface area contributed by atoms with Gasteiger partial charge in [0, 0.05) is 18.6 Å². The Labute approximate surface area is 124 Å². The summed E-state index contributed by atoms with van der Waals surface area (Å²) in [6.45, 7) is 8.76. The molecule has 20 heavy (non-hydrogen) atoms. The molecule has 2 N–H and O–H groups in total. The maximum absolute atomic E-state index is 6.16. The van der Waals surface area contributed by atoms with Crippen LogP contribution in [-0.4, -0.2) is 24.0 Å². The molecular formula is C18H30N2. The van der Waals surface area contributed by atoms with Crippen molar-refractivity contribution in [3.63, 3.8) is 0 Å². The first-order valence-electron chi connectivity index (χ1n) is 8.21. The Morgan fingerprint density at radius 1 is 1.25 bits per heavy atom. The van der Waals surface area contributed by atoms with Crippen LogP contribution in [0.5, 0.6) is 0 Å². The third kappa shape index (κ3) is 3.83. The van der Waals surface area contributed by atoms with Gasteiger partial charge >= 0.3 is 0 Å². The van der Waals surface area contributed by atoms with E-state index in [-0.39, 0.29) is 0 Å². The van der Waals surface area contributed by atoms with Gasteiger partial charge in [0.05, 0.1) is 0 Å². The standard InChI is InChI=1S/C18H30N2/c1-4-15-7-5-6-8-17(15)18(13-19)20(16-9-10-16)12-11-14(2)3/h5-8,14,16,18H,4,9-13,19H2,1-3H3. The molecule has 112 valence electrons. The highest BCUT2D eigenvalue weighted by Crippen LogP contribution is 2.35. The number of benzene rings is 1. The lowest BCUT2D eigenvalue weighted by atomic mass is 9.96. The summed E-state index contributed by atoms with van der Waals surface area (Å²) in [6.07, 6.45) is 5.06. The van der Waals surface area contributed by atoms with E-state index in [0.717, 1.165) is 24.9 Å². The van der Waals surface area contributed by atoms with E-state index in [1.165, 1.54) is 36.9 Å². The van der Waals surface area contributed by atoms with Crippen LogP contribution in [0.15, 0.2) is 24.3 Å². The molecule has 0 amide bonds. The van der Waals surface area contributed by atoms with Gasteiger partial charge in [0.1, 0.15) is 0 Å². The average Bonchev–Trinajstić information content (AvgIpc) is 3.27. The molecule has 1 aliphatic carbocycles. The maximum Gasteiger partial charge on any atom is 0.0476 e. The van der Waals surface area contributed by atoms with Gasteiger partial charge in [0.2, 0.25) is 0 Å². The Morgan fingerprint density at radius 3 is 2.50 bits per heavy atom. The van der Waals surface area contributed by atoms with Crippen molar-refractivity contribution in [2.75, 3.05) is 13.1 Å². The topological polar surface area (TPSA) is 29.3 Å². The second-order valence-corrected chi connectivity index (χ2v) is 6.46. The van der Waals surface area contributed by atoms with Crippen LogP contribution in [-0.2, 0) is 6.42 Å². The average molecular weight is 274 g/mol. The van der Waals surface area contributed by atoms with E-state index >= 15 is 0 Å². The zero-order valence-electron chi connectivity index (χ0n) is 13.3. The van der Waals surface area contributed by atoms with Gasteiger partial charge in [-0.1, -0.05) is 45.0 Å². The lowest BCUT2D eigenvalue weighted by Crippen LogP contribution is -2.37. The van der Waals surface area contributed by atoms with E-state index in [1.54, 1.807) is 0 Å². The minimum atomic E-state index is 0.400. The summed E-state index contributed by atoms with van der Waals surface area (Å²) in [5, 5.41) is 0. The predicted octanol–water partition coefficient (Wildman–Crippen LogP) is 3.76. The SMILES string of the molecule is CCc1ccccc1C(CN)N(CCC(C)C)C1CC1. The van der Waals surface area contributed by atoms with Gasteiger partial charge in [0.15, 0.2) is 0 Å². The van der Waals surface area contributed by atoms with Crippen molar-refractivity contribution in [1.29, 1.82) is 0 Å². The molecule has 1 saturated carbocycles. The van der Waals surface area contributed by atoms with Gasteiger partial charge in [-0.25, -0.2) is 0 Å². The first-order chi connectivity index (χ1) is 9.67. The number of hydrogen-bond acceptors (Lipinski definition) is 2. The highest BCUT2D eigenvalue weighted by Gasteiger charge is 2.34. The fraction of sp³-hybridized carbons (Fsp3) is 0.667. The number of nitrogens with two attached hydrogens (primary N) is 1. The van der Waals surface area contributed by atoms with E-state index in [9.17, 15) is 0 Å². The van der Waals surface area contributed by atoms with Crippen LogP contribution in [0.2, 0.25) is 0 Å². The molecule has 0 radical (unpaired) electrons. The molecule has 0 aliphatic heterocycles. The van der Waals surface area contributed by atoms with Crippen LogP contribution in [0.1, 0.15) is 57.2 Å². The Kier molecular flexibility index (Phi) is 5.62. The molecule has 0 saturated heterocycles. The van der Waals surface area contributed by atoms with Crippen molar-refractivity contribution in [2.45, 2.75) is 58.5 Å². The van der Waals surface area contributed by atoms with Gasteiger partial charge in [0.25, 0.3) is 0 Å². The Hall–Kier alpha value is -0.860.